The Labute approximate surface area is 124 Å². The van der Waals surface area contributed by atoms with Crippen molar-refractivity contribution in [1.82, 2.24) is 14.5 Å². The third-order valence-electron chi connectivity index (χ3n) is 3.43. The van der Waals surface area contributed by atoms with Gasteiger partial charge in [0.1, 0.15) is 5.82 Å². The van der Waals surface area contributed by atoms with Gasteiger partial charge in [0.05, 0.1) is 6.54 Å². The van der Waals surface area contributed by atoms with Crippen LogP contribution < -0.4 is 5.73 Å². The van der Waals surface area contributed by atoms with Crippen LogP contribution >= 0.6 is 24.8 Å². The largest absolute Gasteiger partial charge is 0.330 e. The smallest absolute Gasteiger partial charge is 0.319 e. The summed E-state index contributed by atoms with van der Waals surface area (Å²) in [5.41, 5.74) is 5.64. The van der Waals surface area contributed by atoms with Gasteiger partial charge in [-0.05, 0) is 25.8 Å². The Balaban J connectivity index is 0.00000162. The highest BCUT2D eigenvalue weighted by molar-refractivity contribution is 5.85. The molecule has 2 atom stereocenters. The minimum atomic E-state index is -2.52. The first-order valence-corrected chi connectivity index (χ1v) is 5.85. The first kappa shape index (κ1) is 18.6. The maximum atomic E-state index is 12.7. The zero-order chi connectivity index (χ0) is 12.4. The predicted octanol–water partition coefficient (Wildman–Crippen LogP) is 2.29. The van der Waals surface area contributed by atoms with Crippen molar-refractivity contribution in [3.8, 4) is 0 Å². The highest BCUT2D eigenvalue weighted by Crippen LogP contribution is 2.24. The number of nitrogens with two attached hydrogens (primary N) is 1. The van der Waals surface area contributed by atoms with Crippen LogP contribution in [0.4, 0.5) is 8.78 Å². The molecule has 0 aromatic carbocycles. The van der Waals surface area contributed by atoms with Crippen molar-refractivity contribution < 1.29 is 8.78 Å². The zero-order valence-electron chi connectivity index (χ0n) is 10.7. The Morgan fingerprint density at radius 2 is 2.16 bits per heavy atom. The molecule has 1 aliphatic rings. The van der Waals surface area contributed by atoms with Crippen molar-refractivity contribution in [3.63, 3.8) is 0 Å². The van der Waals surface area contributed by atoms with E-state index < -0.39 is 6.55 Å². The Bertz CT molecular complexity index is 375. The van der Waals surface area contributed by atoms with Gasteiger partial charge in [-0.15, -0.1) is 24.8 Å². The number of rotatable bonds is 4. The summed E-state index contributed by atoms with van der Waals surface area (Å²) in [5, 5.41) is 0. The zero-order valence-corrected chi connectivity index (χ0v) is 12.3. The second-order valence-electron chi connectivity index (χ2n) is 4.64. The standard InChI is InChI=1S/C11H18F2N4.2ClH/c1-8-4-9(5-14)6-16(8)7-10-15-2-3-17(10)11(12)13;;/h2-3,8-9,11H,4-7,14H2,1H3;2*1H. The van der Waals surface area contributed by atoms with E-state index in [9.17, 15) is 8.78 Å². The van der Waals surface area contributed by atoms with Crippen LogP contribution in [0.5, 0.6) is 0 Å². The number of aromatic nitrogens is 2. The first-order chi connectivity index (χ1) is 8.11. The van der Waals surface area contributed by atoms with E-state index in [1.165, 1.54) is 12.4 Å². The lowest BCUT2D eigenvalue weighted by Gasteiger charge is -2.20. The van der Waals surface area contributed by atoms with Gasteiger partial charge in [-0.1, -0.05) is 0 Å². The van der Waals surface area contributed by atoms with Gasteiger partial charge < -0.3 is 5.73 Å². The van der Waals surface area contributed by atoms with Gasteiger partial charge in [0.2, 0.25) is 0 Å². The topological polar surface area (TPSA) is 47.1 Å². The number of imidazole rings is 1. The SMILES string of the molecule is CC1CC(CN)CN1Cc1nccn1C(F)F.Cl.Cl. The molecule has 1 fully saturated rings. The summed E-state index contributed by atoms with van der Waals surface area (Å²) >= 11 is 0. The Hall–Kier alpha value is -0.430. The number of likely N-dealkylation sites (tertiary alicyclic amines) is 1. The molecule has 19 heavy (non-hydrogen) atoms. The van der Waals surface area contributed by atoms with Crippen molar-refractivity contribution in [2.45, 2.75) is 32.5 Å². The van der Waals surface area contributed by atoms with E-state index in [0.717, 1.165) is 17.5 Å². The van der Waals surface area contributed by atoms with Gasteiger partial charge in [-0.2, -0.15) is 8.78 Å². The minimum absolute atomic E-state index is 0. The van der Waals surface area contributed by atoms with E-state index in [4.69, 9.17) is 5.73 Å². The van der Waals surface area contributed by atoms with Gasteiger partial charge in [0.25, 0.3) is 0 Å². The number of alkyl halides is 2. The second kappa shape index (κ2) is 7.99. The molecule has 1 saturated heterocycles. The molecule has 2 heterocycles. The molecule has 0 radical (unpaired) electrons. The molecule has 8 heteroatoms. The summed E-state index contributed by atoms with van der Waals surface area (Å²) in [4.78, 5) is 6.16. The highest BCUT2D eigenvalue weighted by atomic mass is 35.5. The molecule has 1 aromatic heterocycles. The van der Waals surface area contributed by atoms with Crippen molar-refractivity contribution >= 4 is 24.8 Å². The molecular formula is C11H20Cl2F2N4. The van der Waals surface area contributed by atoms with Crippen LogP contribution in [0.3, 0.4) is 0 Å². The van der Waals surface area contributed by atoms with Crippen LogP contribution in [0.25, 0.3) is 0 Å². The molecule has 2 rings (SSSR count). The monoisotopic (exact) mass is 316 g/mol. The number of hydrogen-bond donors (Lipinski definition) is 1. The fraction of sp³-hybridized carbons (Fsp3) is 0.727. The number of hydrogen-bond acceptors (Lipinski definition) is 3. The molecule has 112 valence electrons. The lowest BCUT2D eigenvalue weighted by Crippen LogP contribution is -2.29. The Morgan fingerprint density at radius 3 is 2.68 bits per heavy atom. The molecule has 0 amide bonds. The van der Waals surface area contributed by atoms with Gasteiger partial charge in [-0.25, -0.2) is 4.98 Å². The molecule has 0 aliphatic carbocycles. The third kappa shape index (κ3) is 4.27. The Kier molecular flexibility index (Phi) is 7.81. The Morgan fingerprint density at radius 1 is 1.47 bits per heavy atom. The summed E-state index contributed by atoms with van der Waals surface area (Å²) in [6, 6.07) is 0.381. The van der Waals surface area contributed by atoms with Crippen molar-refractivity contribution in [2.24, 2.45) is 11.7 Å². The molecule has 1 aliphatic heterocycles. The minimum Gasteiger partial charge on any atom is -0.330 e. The van der Waals surface area contributed by atoms with E-state index in [0.29, 0.717) is 30.9 Å². The highest BCUT2D eigenvalue weighted by Gasteiger charge is 2.29. The van der Waals surface area contributed by atoms with Gasteiger partial charge in [-0.3, -0.25) is 9.47 Å². The van der Waals surface area contributed by atoms with Gasteiger partial charge >= 0.3 is 6.55 Å². The predicted molar refractivity (Wildman–Crippen MR) is 75.0 cm³/mol. The van der Waals surface area contributed by atoms with Crippen LogP contribution in [-0.2, 0) is 6.54 Å². The fourth-order valence-corrected chi connectivity index (χ4v) is 2.43. The molecule has 0 bridgehead atoms. The quantitative estimate of drug-likeness (QED) is 0.927. The van der Waals surface area contributed by atoms with Gasteiger partial charge in [0, 0.05) is 25.0 Å². The van der Waals surface area contributed by atoms with Gasteiger partial charge in [0.15, 0.2) is 0 Å². The van der Waals surface area contributed by atoms with Crippen LogP contribution in [0.2, 0.25) is 0 Å². The molecule has 0 saturated carbocycles. The van der Waals surface area contributed by atoms with Crippen molar-refractivity contribution in [1.29, 1.82) is 0 Å². The molecule has 0 spiro atoms. The fourth-order valence-electron chi connectivity index (χ4n) is 2.43. The van der Waals surface area contributed by atoms with Crippen molar-refractivity contribution in [2.75, 3.05) is 13.1 Å². The molecular weight excluding hydrogens is 297 g/mol. The van der Waals surface area contributed by atoms with Crippen LogP contribution in [-0.4, -0.2) is 33.6 Å². The normalized spacial score (nSPS) is 23.2. The van der Waals surface area contributed by atoms with E-state index in [1.54, 1.807) is 0 Å². The lowest BCUT2D eigenvalue weighted by atomic mass is 10.1. The average Bonchev–Trinajstić information content (AvgIpc) is 2.87. The van der Waals surface area contributed by atoms with Crippen LogP contribution in [0.1, 0.15) is 25.7 Å². The van der Waals surface area contributed by atoms with Crippen LogP contribution in [0.15, 0.2) is 12.4 Å². The van der Waals surface area contributed by atoms with Crippen LogP contribution in [0, 0.1) is 5.92 Å². The lowest BCUT2D eigenvalue weighted by molar-refractivity contribution is 0.0635. The summed E-state index contributed by atoms with van der Waals surface area (Å²) in [6.45, 7) is 1.58. The maximum Gasteiger partial charge on any atom is 0.319 e. The first-order valence-electron chi connectivity index (χ1n) is 5.85. The summed E-state index contributed by atoms with van der Waals surface area (Å²) < 4.78 is 26.2. The van der Waals surface area contributed by atoms with E-state index >= 15 is 0 Å². The number of halogens is 4. The molecule has 4 nitrogen and oxygen atoms in total. The third-order valence-corrected chi connectivity index (χ3v) is 3.43. The summed E-state index contributed by atoms with van der Waals surface area (Å²) in [6.07, 6.45) is 3.77. The van der Waals surface area contributed by atoms with Crippen molar-refractivity contribution in [3.05, 3.63) is 18.2 Å². The maximum absolute atomic E-state index is 12.7. The molecule has 2 unspecified atom stereocenters. The second-order valence-corrected chi connectivity index (χ2v) is 4.64. The van der Waals surface area contributed by atoms with E-state index in [1.807, 2.05) is 0 Å². The average molecular weight is 317 g/mol. The van der Waals surface area contributed by atoms with E-state index in [-0.39, 0.29) is 24.8 Å². The molecule has 2 N–H and O–H groups in total. The summed E-state index contributed by atoms with van der Waals surface area (Å²) in [7, 11) is 0. The molecule has 1 aromatic rings. The summed E-state index contributed by atoms with van der Waals surface area (Å²) in [5.74, 6) is 0.893. The van der Waals surface area contributed by atoms with E-state index in [2.05, 4.69) is 16.8 Å². The number of nitrogens with zero attached hydrogens (tertiary/aromatic N) is 3.